The van der Waals surface area contributed by atoms with Crippen LogP contribution >= 0.6 is 0 Å². The zero-order chi connectivity index (χ0) is 13.1. The Morgan fingerprint density at radius 1 is 1.33 bits per heavy atom. The van der Waals surface area contributed by atoms with Gasteiger partial charge in [-0.1, -0.05) is 0 Å². The van der Waals surface area contributed by atoms with Crippen LogP contribution in [-0.4, -0.2) is 52.5 Å². The van der Waals surface area contributed by atoms with E-state index in [0.717, 1.165) is 51.9 Å². The van der Waals surface area contributed by atoms with Crippen molar-refractivity contribution < 1.29 is 14.3 Å². The first-order chi connectivity index (χ1) is 8.84. The molecule has 0 aromatic rings. The summed E-state index contributed by atoms with van der Waals surface area (Å²) in [6.45, 7) is 4.66. The SMILES string of the molecule is COCCOCCCCNC(=O)[C@H]1CCCNC1. The summed E-state index contributed by atoms with van der Waals surface area (Å²) in [6.07, 6.45) is 4.07. The number of unbranched alkanes of at least 4 members (excludes halogenated alkanes) is 1. The van der Waals surface area contributed by atoms with Gasteiger partial charge in [0, 0.05) is 26.8 Å². The Bertz CT molecular complexity index is 218. The molecule has 5 heteroatoms. The van der Waals surface area contributed by atoms with Crippen LogP contribution < -0.4 is 10.6 Å². The summed E-state index contributed by atoms with van der Waals surface area (Å²) in [6, 6.07) is 0. The summed E-state index contributed by atoms with van der Waals surface area (Å²) in [5.74, 6) is 0.360. The molecule has 5 nitrogen and oxygen atoms in total. The molecule has 0 aromatic carbocycles. The van der Waals surface area contributed by atoms with E-state index in [0.29, 0.717) is 13.2 Å². The smallest absolute Gasteiger partial charge is 0.224 e. The summed E-state index contributed by atoms with van der Waals surface area (Å²) < 4.78 is 10.2. The molecule has 0 spiro atoms. The molecular weight excluding hydrogens is 232 g/mol. The van der Waals surface area contributed by atoms with Gasteiger partial charge in [0.05, 0.1) is 19.1 Å². The van der Waals surface area contributed by atoms with Gasteiger partial charge in [-0.15, -0.1) is 0 Å². The third-order valence-corrected chi connectivity index (χ3v) is 3.11. The van der Waals surface area contributed by atoms with Crippen LogP contribution in [-0.2, 0) is 14.3 Å². The Labute approximate surface area is 110 Å². The topological polar surface area (TPSA) is 59.6 Å². The fourth-order valence-electron chi connectivity index (χ4n) is 2.00. The number of amides is 1. The number of methoxy groups -OCH3 is 1. The monoisotopic (exact) mass is 258 g/mol. The van der Waals surface area contributed by atoms with Crippen molar-refractivity contribution in [3.05, 3.63) is 0 Å². The molecule has 1 aliphatic rings. The van der Waals surface area contributed by atoms with Gasteiger partial charge in [0.2, 0.25) is 5.91 Å². The van der Waals surface area contributed by atoms with Gasteiger partial charge in [-0.25, -0.2) is 0 Å². The molecule has 1 saturated heterocycles. The first-order valence-electron chi connectivity index (χ1n) is 6.89. The average Bonchev–Trinajstić information content (AvgIpc) is 2.42. The second kappa shape index (κ2) is 10.3. The lowest BCUT2D eigenvalue weighted by Gasteiger charge is -2.21. The highest BCUT2D eigenvalue weighted by Crippen LogP contribution is 2.09. The van der Waals surface area contributed by atoms with Crippen molar-refractivity contribution in [2.75, 3.05) is 46.6 Å². The fourth-order valence-corrected chi connectivity index (χ4v) is 2.00. The van der Waals surface area contributed by atoms with Gasteiger partial charge >= 0.3 is 0 Å². The highest BCUT2D eigenvalue weighted by atomic mass is 16.5. The van der Waals surface area contributed by atoms with Crippen LogP contribution in [0.2, 0.25) is 0 Å². The molecule has 1 aliphatic heterocycles. The van der Waals surface area contributed by atoms with E-state index in [-0.39, 0.29) is 11.8 Å². The van der Waals surface area contributed by atoms with E-state index in [4.69, 9.17) is 9.47 Å². The van der Waals surface area contributed by atoms with E-state index in [1.54, 1.807) is 7.11 Å². The molecule has 1 atom stereocenters. The third kappa shape index (κ3) is 6.93. The number of hydrogen-bond donors (Lipinski definition) is 2. The van der Waals surface area contributed by atoms with Crippen LogP contribution in [0.4, 0.5) is 0 Å². The minimum atomic E-state index is 0.164. The normalized spacial score (nSPS) is 19.7. The summed E-state index contributed by atoms with van der Waals surface area (Å²) in [4.78, 5) is 11.8. The second-order valence-electron chi connectivity index (χ2n) is 4.65. The molecule has 2 N–H and O–H groups in total. The van der Waals surface area contributed by atoms with Gasteiger partial charge in [0.15, 0.2) is 0 Å². The minimum Gasteiger partial charge on any atom is -0.382 e. The van der Waals surface area contributed by atoms with Crippen molar-refractivity contribution in [3.8, 4) is 0 Å². The van der Waals surface area contributed by atoms with E-state index in [1.807, 2.05) is 0 Å². The molecule has 1 heterocycles. The van der Waals surface area contributed by atoms with Crippen molar-refractivity contribution >= 4 is 5.91 Å². The molecule has 1 amide bonds. The minimum absolute atomic E-state index is 0.164. The van der Waals surface area contributed by atoms with Crippen LogP contribution in [0.15, 0.2) is 0 Å². The lowest BCUT2D eigenvalue weighted by molar-refractivity contribution is -0.125. The van der Waals surface area contributed by atoms with Gasteiger partial charge in [0.25, 0.3) is 0 Å². The maximum absolute atomic E-state index is 11.8. The summed E-state index contributed by atoms with van der Waals surface area (Å²) in [5.41, 5.74) is 0. The Kier molecular flexibility index (Phi) is 8.81. The van der Waals surface area contributed by atoms with Gasteiger partial charge in [0.1, 0.15) is 0 Å². The number of piperidine rings is 1. The molecular formula is C13H26N2O3. The molecule has 0 saturated carbocycles. The summed E-state index contributed by atoms with van der Waals surface area (Å²) >= 11 is 0. The lowest BCUT2D eigenvalue weighted by Crippen LogP contribution is -2.40. The van der Waals surface area contributed by atoms with Crippen LogP contribution in [0.25, 0.3) is 0 Å². The van der Waals surface area contributed by atoms with E-state index in [9.17, 15) is 4.79 Å². The number of ether oxygens (including phenoxy) is 2. The number of rotatable bonds is 9. The van der Waals surface area contributed by atoms with E-state index in [1.165, 1.54) is 0 Å². The Morgan fingerprint density at radius 3 is 2.94 bits per heavy atom. The molecule has 1 rings (SSSR count). The molecule has 1 fully saturated rings. The quantitative estimate of drug-likeness (QED) is 0.593. The van der Waals surface area contributed by atoms with Crippen molar-refractivity contribution in [3.63, 3.8) is 0 Å². The number of carbonyl (C=O) groups is 1. The van der Waals surface area contributed by atoms with Crippen molar-refractivity contribution in [2.24, 2.45) is 5.92 Å². The zero-order valence-corrected chi connectivity index (χ0v) is 11.4. The second-order valence-corrected chi connectivity index (χ2v) is 4.65. The van der Waals surface area contributed by atoms with Crippen LogP contribution in [0.1, 0.15) is 25.7 Å². The van der Waals surface area contributed by atoms with E-state index >= 15 is 0 Å². The maximum Gasteiger partial charge on any atom is 0.224 e. The number of nitrogens with one attached hydrogen (secondary N) is 2. The first kappa shape index (κ1) is 15.4. The number of hydrogen-bond acceptors (Lipinski definition) is 4. The summed E-state index contributed by atoms with van der Waals surface area (Å²) in [5, 5.41) is 6.25. The van der Waals surface area contributed by atoms with Gasteiger partial charge in [-0.05, 0) is 32.2 Å². The largest absolute Gasteiger partial charge is 0.382 e. The molecule has 0 unspecified atom stereocenters. The molecule has 0 radical (unpaired) electrons. The first-order valence-corrected chi connectivity index (χ1v) is 6.89. The standard InChI is InChI=1S/C13H26N2O3/c1-17-9-10-18-8-3-2-7-15-13(16)12-5-4-6-14-11-12/h12,14H,2-11H2,1H3,(H,15,16)/t12-/m0/s1. The van der Waals surface area contributed by atoms with E-state index in [2.05, 4.69) is 10.6 Å². The van der Waals surface area contributed by atoms with Crippen molar-refractivity contribution in [1.82, 2.24) is 10.6 Å². The highest BCUT2D eigenvalue weighted by molar-refractivity contribution is 5.78. The Hall–Kier alpha value is -0.650. The lowest BCUT2D eigenvalue weighted by atomic mass is 9.99. The van der Waals surface area contributed by atoms with E-state index < -0.39 is 0 Å². The predicted molar refractivity (Wildman–Crippen MR) is 70.5 cm³/mol. The Balaban J connectivity index is 1.89. The zero-order valence-electron chi connectivity index (χ0n) is 11.4. The van der Waals surface area contributed by atoms with Gasteiger partial charge in [-0.2, -0.15) is 0 Å². The highest BCUT2D eigenvalue weighted by Gasteiger charge is 2.19. The predicted octanol–water partition coefficient (Wildman–Crippen LogP) is 0.545. The maximum atomic E-state index is 11.8. The van der Waals surface area contributed by atoms with Crippen LogP contribution in [0.5, 0.6) is 0 Å². The molecule has 0 bridgehead atoms. The average molecular weight is 258 g/mol. The molecule has 18 heavy (non-hydrogen) atoms. The molecule has 0 aliphatic carbocycles. The molecule has 0 aromatic heterocycles. The van der Waals surface area contributed by atoms with Crippen LogP contribution in [0, 0.1) is 5.92 Å². The number of carbonyl (C=O) groups excluding carboxylic acids is 1. The van der Waals surface area contributed by atoms with Crippen LogP contribution in [0.3, 0.4) is 0 Å². The van der Waals surface area contributed by atoms with Gasteiger partial charge < -0.3 is 20.1 Å². The van der Waals surface area contributed by atoms with Crippen molar-refractivity contribution in [1.29, 1.82) is 0 Å². The Morgan fingerprint density at radius 2 is 2.22 bits per heavy atom. The third-order valence-electron chi connectivity index (χ3n) is 3.11. The van der Waals surface area contributed by atoms with Gasteiger partial charge in [-0.3, -0.25) is 4.79 Å². The van der Waals surface area contributed by atoms with Crippen molar-refractivity contribution in [2.45, 2.75) is 25.7 Å². The summed E-state index contributed by atoms with van der Waals surface area (Å²) in [7, 11) is 1.67. The molecule has 106 valence electrons. The fraction of sp³-hybridized carbons (Fsp3) is 0.923.